The molecule has 2 aromatic carbocycles. The third-order valence-corrected chi connectivity index (χ3v) is 3.47. The Morgan fingerprint density at radius 3 is 2.46 bits per heavy atom. The molecule has 2 amide bonds. The number of hydrogen-bond donors (Lipinski definition) is 2. The fourth-order valence-corrected chi connectivity index (χ4v) is 2.15. The number of amides is 2. The molecule has 0 fully saturated rings. The first-order chi connectivity index (χ1) is 12.6. The van der Waals surface area contributed by atoms with Crippen molar-refractivity contribution in [3.63, 3.8) is 0 Å². The second kappa shape index (κ2) is 10.1. The quantitative estimate of drug-likeness (QED) is 0.674. The zero-order chi connectivity index (χ0) is 18.8. The lowest BCUT2D eigenvalue weighted by Gasteiger charge is -2.08. The van der Waals surface area contributed by atoms with Gasteiger partial charge in [-0.3, -0.25) is 9.59 Å². The summed E-state index contributed by atoms with van der Waals surface area (Å²) < 4.78 is 31.8. The third kappa shape index (κ3) is 6.51. The second-order valence-corrected chi connectivity index (χ2v) is 5.50. The van der Waals surface area contributed by atoms with E-state index in [2.05, 4.69) is 10.6 Å². The topological polar surface area (TPSA) is 67.4 Å². The van der Waals surface area contributed by atoms with Gasteiger partial charge in [-0.05, 0) is 30.7 Å². The highest BCUT2D eigenvalue weighted by atomic mass is 19.1. The molecular formula is C19H20F2N2O3. The fourth-order valence-electron chi connectivity index (χ4n) is 2.15. The Hall–Kier alpha value is -2.96. The first kappa shape index (κ1) is 19.4. The van der Waals surface area contributed by atoms with Crippen LogP contribution in [0.4, 0.5) is 8.78 Å². The lowest BCUT2D eigenvalue weighted by atomic mass is 10.2. The van der Waals surface area contributed by atoms with E-state index < -0.39 is 17.5 Å². The summed E-state index contributed by atoms with van der Waals surface area (Å²) in [5, 5.41) is 5.13. The van der Waals surface area contributed by atoms with E-state index in [1.807, 2.05) is 30.3 Å². The lowest BCUT2D eigenvalue weighted by Crippen LogP contribution is -2.31. The van der Waals surface area contributed by atoms with Crippen molar-refractivity contribution in [3.05, 3.63) is 65.7 Å². The molecular weight excluding hydrogens is 342 g/mol. The molecule has 0 unspecified atom stereocenters. The van der Waals surface area contributed by atoms with Crippen LogP contribution in [-0.4, -0.2) is 31.5 Å². The summed E-state index contributed by atoms with van der Waals surface area (Å²) in [5.41, 5.74) is -0.259. The van der Waals surface area contributed by atoms with E-state index in [9.17, 15) is 18.4 Å². The zero-order valence-electron chi connectivity index (χ0n) is 14.1. The van der Waals surface area contributed by atoms with E-state index >= 15 is 0 Å². The van der Waals surface area contributed by atoms with Crippen molar-refractivity contribution >= 4 is 11.8 Å². The first-order valence-electron chi connectivity index (χ1n) is 8.24. The molecule has 2 rings (SSSR count). The number of benzene rings is 2. The Balaban J connectivity index is 1.58. The fraction of sp³-hybridized carbons (Fsp3) is 0.263. The average Bonchev–Trinajstić information content (AvgIpc) is 2.62. The summed E-state index contributed by atoms with van der Waals surface area (Å²) in [4.78, 5) is 23.4. The molecule has 0 radical (unpaired) electrons. The molecule has 0 aromatic heterocycles. The van der Waals surface area contributed by atoms with Gasteiger partial charge < -0.3 is 15.4 Å². The van der Waals surface area contributed by atoms with Crippen molar-refractivity contribution < 1.29 is 23.1 Å². The number of nitrogens with one attached hydrogen (secondary N) is 2. The molecule has 0 saturated carbocycles. The average molecular weight is 362 g/mol. The van der Waals surface area contributed by atoms with Gasteiger partial charge in [0.2, 0.25) is 5.91 Å². The van der Waals surface area contributed by atoms with Gasteiger partial charge in [0, 0.05) is 25.6 Å². The van der Waals surface area contributed by atoms with E-state index in [1.54, 1.807) is 0 Å². The number of para-hydroxylation sites is 1. The van der Waals surface area contributed by atoms with Crippen LogP contribution in [0.15, 0.2) is 48.5 Å². The van der Waals surface area contributed by atoms with Gasteiger partial charge in [0.1, 0.15) is 17.4 Å². The zero-order valence-corrected chi connectivity index (χ0v) is 14.1. The Bertz CT molecular complexity index is 739. The molecule has 2 aromatic rings. The molecule has 26 heavy (non-hydrogen) atoms. The minimum Gasteiger partial charge on any atom is -0.494 e. The summed E-state index contributed by atoms with van der Waals surface area (Å²) in [7, 11) is 0. The van der Waals surface area contributed by atoms with Gasteiger partial charge >= 0.3 is 0 Å². The Morgan fingerprint density at radius 2 is 1.73 bits per heavy atom. The van der Waals surface area contributed by atoms with Gasteiger partial charge in [0.15, 0.2) is 0 Å². The van der Waals surface area contributed by atoms with Gasteiger partial charge in [0.25, 0.3) is 5.91 Å². The van der Waals surface area contributed by atoms with E-state index in [4.69, 9.17) is 4.74 Å². The number of carbonyl (C=O) groups is 2. The SMILES string of the molecule is O=C(CCNC(=O)c1ccc(F)cc1F)NCCCOc1ccccc1. The summed E-state index contributed by atoms with van der Waals surface area (Å²) in [6.45, 7) is 0.985. The molecule has 138 valence electrons. The Kier molecular flexibility index (Phi) is 7.54. The van der Waals surface area contributed by atoms with Crippen LogP contribution in [0.2, 0.25) is 0 Å². The summed E-state index contributed by atoms with van der Waals surface area (Å²) in [5.74, 6) is -1.84. The highest BCUT2D eigenvalue weighted by molar-refractivity contribution is 5.94. The minimum atomic E-state index is -0.939. The summed E-state index contributed by atoms with van der Waals surface area (Å²) >= 11 is 0. The van der Waals surface area contributed by atoms with Crippen molar-refractivity contribution in [2.24, 2.45) is 0 Å². The van der Waals surface area contributed by atoms with Crippen LogP contribution in [0.5, 0.6) is 5.75 Å². The largest absolute Gasteiger partial charge is 0.494 e. The lowest BCUT2D eigenvalue weighted by molar-refractivity contribution is -0.120. The Morgan fingerprint density at radius 1 is 0.962 bits per heavy atom. The molecule has 0 aliphatic carbocycles. The highest BCUT2D eigenvalue weighted by Crippen LogP contribution is 2.09. The van der Waals surface area contributed by atoms with Gasteiger partial charge in [-0.1, -0.05) is 18.2 Å². The number of ether oxygens (including phenoxy) is 1. The van der Waals surface area contributed by atoms with Gasteiger partial charge in [-0.15, -0.1) is 0 Å². The summed E-state index contributed by atoms with van der Waals surface area (Å²) in [6, 6.07) is 12.1. The number of carbonyl (C=O) groups excluding carboxylic acids is 2. The second-order valence-electron chi connectivity index (χ2n) is 5.50. The normalized spacial score (nSPS) is 10.2. The Labute approximate surface area is 150 Å². The molecule has 5 nitrogen and oxygen atoms in total. The molecule has 0 aliphatic heterocycles. The maximum atomic E-state index is 13.5. The molecule has 0 saturated heterocycles. The molecule has 0 spiro atoms. The van der Waals surface area contributed by atoms with E-state index in [0.717, 1.165) is 17.9 Å². The van der Waals surface area contributed by atoms with Crippen LogP contribution in [0.3, 0.4) is 0 Å². The van der Waals surface area contributed by atoms with Crippen molar-refractivity contribution in [1.82, 2.24) is 10.6 Å². The molecule has 0 atom stereocenters. The van der Waals surface area contributed by atoms with Crippen molar-refractivity contribution in [2.75, 3.05) is 19.7 Å². The molecule has 0 aliphatic rings. The van der Waals surface area contributed by atoms with Crippen LogP contribution < -0.4 is 15.4 Å². The first-order valence-corrected chi connectivity index (χ1v) is 8.24. The number of rotatable bonds is 9. The smallest absolute Gasteiger partial charge is 0.254 e. The maximum absolute atomic E-state index is 13.5. The third-order valence-electron chi connectivity index (χ3n) is 3.47. The molecule has 0 bridgehead atoms. The van der Waals surface area contributed by atoms with E-state index in [1.165, 1.54) is 0 Å². The molecule has 2 N–H and O–H groups in total. The van der Waals surface area contributed by atoms with Crippen LogP contribution in [0, 0.1) is 11.6 Å². The van der Waals surface area contributed by atoms with Crippen LogP contribution in [0.1, 0.15) is 23.2 Å². The van der Waals surface area contributed by atoms with Gasteiger partial charge in [0.05, 0.1) is 12.2 Å². The maximum Gasteiger partial charge on any atom is 0.254 e. The van der Waals surface area contributed by atoms with E-state index in [-0.39, 0.29) is 24.4 Å². The van der Waals surface area contributed by atoms with Crippen LogP contribution in [0.25, 0.3) is 0 Å². The standard InChI is InChI=1S/C19H20F2N2O3/c20-14-7-8-16(17(21)13-14)19(25)23-11-9-18(24)22-10-4-12-26-15-5-2-1-3-6-15/h1-3,5-8,13H,4,9-12H2,(H,22,24)(H,23,25). The predicted molar refractivity (Wildman–Crippen MR) is 92.9 cm³/mol. The number of halogens is 2. The van der Waals surface area contributed by atoms with E-state index in [0.29, 0.717) is 25.6 Å². The van der Waals surface area contributed by atoms with Gasteiger partial charge in [-0.25, -0.2) is 8.78 Å². The van der Waals surface area contributed by atoms with Gasteiger partial charge in [-0.2, -0.15) is 0 Å². The minimum absolute atomic E-state index is 0.0575. The van der Waals surface area contributed by atoms with Crippen molar-refractivity contribution in [2.45, 2.75) is 12.8 Å². The highest BCUT2D eigenvalue weighted by Gasteiger charge is 2.12. The van der Waals surface area contributed by atoms with Crippen LogP contribution in [-0.2, 0) is 4.79 Å². The molecule has 7 heteroatoms. The van der Waals surface area contributed by atoms with Crippen molar-refractivity contribution in [3.8, 4) is 5.75 Å². The van der Waals surface area contributed by atoms with Crippen LogP contribution >= 0.6 is 0 Å². The predicted octanol–water partition coefficient (Wildman–Crippen LogP) is 2.67. The number of hydrogen-bond acceptors (Lipinski definition) is 3. The molecule has 0 heterocycles. The van der Waals surface area contributed by atoms with Crippen molar-refractivity contribution in [1.29, 1.82) is 0 Å². The monoisotopic (exact) mass is 362 g/mol. The summed E-state index contributed by atoms with van der Waals surface area (Å²) in [6.07, 6.45) is 0.710.